The number of thiophene rings is 1. The van der Waals surface area contributed by atoms with Crippen molar-refractivity contribution in [3.8, 4) is 0 Å². The van der Waals surface area contributed by atoms with Gasteiger partial charge >= 0.3 is 0 Å². The molecule has 0 atom stereocenters. The zero-order valence-corrected chi connectivity index (χ0v) is 10.3. The van der Waals surface area contributed by atoms with Crippen molar-refractivity contribution in [1.82, 2.24) is 5.32 Å². The van der Waals surface area contributed by atoms with E-state index in [9.17, 15) is 9.59 Å². The number of carbonyl (C=O) groups excluding carboxylic acids is 2. The Morgan fingerprint density at radius 3 is 2.75 bits per heavy atom. The fourth-order valence-corrected chi connectivity index (χ4v) is 2.39. The maximum atomic E-state index is 11.6. The largest absolute Gasteiger partial charge is 0.368 e. The van der Waals surface area contributed by atoms with Gasteiger partial charge < -0.3 is 11.1 Å². The summed E-state index contributed by atoms with van der Waals surface area (Å²) in [6, 6.07) is 1.89. The molecule has 1 aromatic rings. The minimum atomic E-state index is -0.532. The summed E-state index contributed by atoms with van der Waals surface area (Å²) >= 11 is 1.45. The molecule has 0 aliphatic heterocycles. The van der Waals surface area contributed by atoms with Gasteiger partial charge in [-0.1, -0.05) is 13.3 Å². The fourth-order valence-electron chi connectivity index (χ4n) is 1.40. The first-order valence-electron chi connectivity index (χ1n) is 5.20. The number of aryl methyl sites for hydroxylation is 2. The van der Waals surface area contributed by atoms with Gasteiger partial charge in [-0.2, -0.15) is 0 Å². The van der Waals surface area contributed by atoms with Crippen LogP contribution in [0.1, 0.15) is 33.5 Å². The third-order valence-electron chi connectivity index (χ3n) is 2.19. The van der Waals surface area contributed by atoms with Gasteiger partial charge in [0.2, 0.25) is 5.91 Å². The van der Waals surface area contributed by atoms with Crippen LogP contribution < -0.4 is 11.1 Å². The molecule has 0 spiro atoms. The van der Waals surface area contributed by atoms with Gasteiger partial charge in [-0.25, -0.2) is 0 Å². The minimum absolute atomic E-state index is 0.112. The molecule has 0 aromatic carbocycles. The van der Waals surface area contributed by atoms with E-state index >= 15 is 0 Å². The zero-order chi connectivity index (χ0) is 12.1. The van der Waals surface area contributed by atoms with E-state index in [0.29, 0.717) is 4.88 Å². The lowest BCUT2D eigenvalue weighted by atomic mass is 10.1. The van der Waals surface area contributed by atoms with Crippen molar-refractivity contribution >= 4 is 23.2 Å². The van der Waals surface area contributed by atoms with Crippen LogP contribution in [0.2, 0.25) is 0 Å². The normalized spacial score (nSPS) is 10.1. The predicted molar refractivity (Wildman–Crippen MR) is 64.6 cm³/mol. The molecule has 1 rings (SSSR count). The smallest absolute Gasteiger partial charge is 0.261 e. The zero-order valence-electron chi connectivity index (χ0n) is 9.50. The second-order valence-corrected chi connectivity index (χ2v) is 4.85. The van der Waals surface area contributed by atoms with Crippen LogP contribution in [0.15, 0.2) is 6.07 Å². The standard InChI is InChI=1S/C11H16N2O2S/c1-3-4-8-5-9(16-7(8)2)11(15)13-6-10(12)14/h5H,3-4,6H2,1-2H3,(H2,12,14)(H,13,15). The highest BCUT2D eigenvalue weighted by atomic mass is 32.1. The van der Waals surface area contributed by atoms with Crippen LogP contribution in [-0.2, 0) is 11.2 Å². The molecule has 0 saturated heterocycles. The molecule has 1 heterocycles. The topological polar surface area (TPSA) is 72.2 Å². The molecule has 0 bridgehead atoms. The van der Waals surface area contributed by atoms with Crippen molar-refractivity contribution in [1.29, 1.82) is 0 Å². The quantitative estimate of drug-likeness (QED) is 0.812. The molecule has 0 fully saturated rings. The Labute approximate surface area is 98.8 Å². The maximum Gasteiger partial charge on any atom is 0.261 e. The van der Waals surface area contributed by atoms with Gasteiger partial charge in [-0.3, -0.25) is 9.59 Å². The van der Waals surface area contributed by atoms with Crippen LogP contribution in [0.3, 0.4) is 0 Å². The monoisotopic (exact) mass is 240 g/mol. The van der Waals surface area contributed by atoms with Crippen molar-refractivity contribution in [2.24, 2.45) is 5.73 Å². The molecule has 1 aromatic heterocycles. The van der Waals surface area contributed by atoms with Gasteiger partial charge in [0, 0.05) is 4.88 Å². The van der Waals surface area contributed by atoms with E-state index in [0.717, 1.165) is 17.7 Å². The lowest BCUT2D eigenvalue weighted by Gasteiger charge is -1.98. The molecule has 3 N–H and O–H groups in total. The molecule has 0 radical (unpaired) electrons. The van der Waals surface area contributed by atoms with Gasteiger partial charge in [0.1, 0.15) is 0 Å². The minimum Gasteiger partial charge on any atom is -0.368 e. The Morgan fingerprint density at radius 1 is 1.50 bits per heavy atom. The van der Waals surface area contributed by atoms with Crippen LogP contribution in [0.5, 0.6) is 0 Å². The van der Waals surface area contributed by atoms with Gasteiger partial charge in [-0.05, 0) is 25.0 Å². The second kappa shape index (κ2) is 5.65. The molecule has 0 aliphatic rings. The number of nitrogens with one attached hydrogen (secondary N) is 1. The first kappa shape index (κ1) is 12.7. The summed E-state index contributed by atoms with van der Waals surface area (Å²) in [5, 5.41) is 2.48. The SMILES string of the molecule is CCCc1cc(C(=O)NCC(N)=O)sc1C. The lowest BCUT2D eigenvalue weighted by Crippen LogP contribution is -2.32. The highest BCUT2D eigenvalue weighted by molar-refractivity contribution is 7.14. The molecule has 0 aliphatic carbocycles. The molecule has 4 nitrogen and oxygen atoms in total. The van der Waals surface area contributed by atoms with Crippen LogP contribution in [0, 0.1) is 6.92 Å². The van der Waals surface area contributed by atoms with Crippen molar-refractivity contribution in [3.05, 3.63) is 21.4 Å². The van der Waals surface area contributed by atoms with Crippen molar-refractivity contribution in [3.63, 3.8) is 0 Å². The van der Waals surface area contributed by atoms with Crippen LogP contribution in [-0.4, -0.2) is 18.4 Å². The van der Waals surface area contributed by atoms with E-state index < -0.39 is 5.91 Å². The van der Waals surface area contributed by atoms with Gasteiger partial charge in [0.15, 0.2) is 0 Å². The second-order valence-electron chi connectivity index (χ2n) is 3.59. The summed E-state index contributed by atoms with van der Waals surface area (Å²) in [5.41, 5.74) is 6.16. The predicted octanol–water partition coefficient (Wildman–Crippen LogP) is 1.22. The van der Waals surface area contributed by atoms with E-state index in [1.54, 1.807) is 0 Å². The molecule has 88 valence electrons. The summed E-state index contributed by atoms with van der Waals surface area (Å²) in [6.07, 6.45) is 2.03. The Balaban J connectivity index is 2.69. The maximum absolute atomic E-state index is 11.6. The third kappa shape index (κ3) is 3.34. The average Bonchev–Trinajstić information content (AvgIpc) is 2.57. The Bertz CT molecular complexity index is 399. The summed E-state index contributed by atoms with van der Waals surface area (Å²) in [5.74, 6) is -0.760. The third-order valence-corrected chi connectivity index (χ3v) is 3.28. The molecule has 16 heavy (non-hydrogen) atoms. The van der Waals surface area contributed by atoms with E-state index in [-0.39, 0.29) is 12.5 Å². The van der Waals surface area contributed by atoms with Crippen molar-refractivity contribution in [2.45, 2.75) is 26.7 Å². The number of nitrogens with two attached hydrogens (primary N) is 1. The summed E-state index contributed by atoms with van der Waals surface area (Å²) in [7, 11) is 0. The molecule has 0 unspecified atom stereocenters. The van der Waals surface area contributed by atoms with Crippen LogP contribution >= 0.6 is 11.3 Å². The lowest BCUT2D eigenvalue weighted by molar-refractivity contribution is -0.117. The number of amides is 2. The van der Waals surface area contributed by atoms with E-state index in [4.69, 9.17) is 5.73 Å². The van der Waals surface area contributed by atoms with Crippen molar-refractivity contribution < 1.29 is 9.59 Å². The first-order valence-corrected chi connectivity index (χ1v) is 6.02. The highest BCUT2D eigenvalue weighted by Crippen LogP contribution is 2.22. The number of rotatable bonds is 5. The van der Waals surface area contributed by atoms with Crippen LogP contribution in [0.4, 0.5) is 0 Å². The van der Waals surface area contributed by atoms with Gasteiger partial charge in [0.05, 0.1) is 11.4 Å². The Kier molecular flexibility index (Phi) is 4.49. The van der Waals surface area contributed by atoms with Crippen molar-refractivity contribution in [2.75, 3.05) is 6.54 Å². The molecule has 0 saturated carbocycles. The number of primary amides is 1. The Hall–Kier alpha value is -1.36. The summed E-state index contributed by atoms with van der Waals surface area (Å²) in [6.45, 7) is 3.99. The average molecular weight is 240 g/mol. The number of carbonyl (C=O) groups is 2. The summed E-state index contributed by atoms with van der Waals surface area (Å²) in [4.78, 5) is 23.9. The molecular weight excluding hydrogens is 224 g/mol. The highest BCUT2D eigenvalue weighted by Gasteiger charge is 2.12. The van der Waals surface area contributed by atoms with E-state index in [1.165, 1.54) is 16.9 Å². The van der Waals surface area contributed by atoms with E-state index in [2.05, 4.69) is 12.2 Å². The van der Waals surface area contributed by atoms with Gasteiger partial charge in [0.25, 0.3) is 5.91 Å². The number of hydrogen-bond acceptors (Lipinski definition) is 3. The fraction of sp³-hybridized carbons (Fsp3) is 0.455. The Morgan fingerprint density at radius 2 is 2.19 bits per heavy atom. The molecule has 2 amide bonds. The molecule has 5 heteroatoms. The van der Waals surface area contributed by atoms with Crippen LogP contribution in [0.25, 0.3) is 0 Å². The number of hydrogen-bond donors (Lipinski definition) is 2. The molecular formula is C11H16N2O2S. The summed E-state index contributed by atoms with van der Waals surface area (Å²) < 4.78 is 0. The van der Waals surface area contributed by atoms with E-state index in [1.807, 2.05) is 13.0 Å². The first-order chi connectivity index (χ1) is 7.54. The van der Waals surface area contributed by atoms with Gasteiger partial charge in [-0.15, -0.1) is 11.3 Å².